The second-order valence-corrected chi connectivity index (χ2v) is 5.23. The number of carboxylic acids is 1. The predicted molar refractivity (Wildman–Crippen MR) is 79.5 cm³/mol. The molecule has 1 aromatic heterocycles. The fraction of sp³-hybridized carbons (Fsp3) is 0.438. The lowest BCUT2D eigenvalue weighted by atomic mass is 9.97. The van der Waals surface area contributed by atoms with E-state index in [0.29, 0.717) is 13.0 Å². The molecular weight excluding hydrogens is 268 g/mol. The Hall–Kier alpha value is -2.17. The lowest BCUT2D eigenvalue weighted by Crippen LogP contribution is -2.43. The van der Waals surface area contributed by atoms with Crippen LogP contribution in [-0.2, 0) is 9.59 Å². The first-order valence-electron chi connectivity index (χ1n) is 7.27. The molecule has 21 heavy (non-hydrogen) atoms. The lowest BCUT2D eigenvalue weighted by molar-refractivity contribution is -0.138. The molecule has 1 unspecified atom stereocenters. The Labute approximate surface area is 124 Å². The number of carboxylic acid groups (broad SMARTS) is 1. The molecule has 1 saturated heterocycles. The lowest BCUT2D eigenvalue weighted by Gasteiger charge is -2.35. The topological polar surface area (TPSA) is 70.5 Å². The van der Waals surface area contributed by atoms with E-state index in [2.05, 4.69) is 4.98 Å². The monoisotopic (exact) mass is 288 g/mol. The van der Waals surface area contributed by atoms with E-state index in [4.69, 9.17) is 5.11 Å². The molecule has 1 aliphatic heterocycles. The number of piperidine rings is 1. The zero-order valence-corrected chi connectivity index (χ0v) is 11.9. The highest BCUT2D eigenvalue weighted by molar-refractivity contribution is 5.92. The molecule has 0 bridgehead atoms. The number of aliphatic carboxylic acids is 1. The fourth-order valence-corrected chi connectivity index (χ4v) is 2.62. The quantitative estimate of drug-likeness (QED) is 0.844. The van der Waals surface area contributed by atoms with Crippen LogP contribution in [0.2, 0.25) is 0 Å². The van der Waals surface area contributed by atoms with Gasteiger partial charge in [0.15, 0.2) is 0 Å². The van der Waals surface area contributed by atoms with Gasteiger partial charge in [-0.15, -0.1) is 0 Å². The van der Waals surface area contributed by atoms with Crippen molar-refractivity contribution in [1.82, 2.24) is 9.88 Å². The number of aromatic nitrogens is 1. The summed E-state index contributed by atoms with van der Waals surface area (Å²) in [5, 5.41) is 8.80. The average Bonchev–Trinajstić information content (AvgIpc) is 2.52. The van der Waals surface area contributed by atoms with Gasteiger partial charge < -0.3 is 10.0 Å². The van der Waals surface area contributed by atoms with Gasteiger partial charge in [0.05, 0.1) is 0 Å². The van der Waals surface area contributed by atoms with Gasteiger partial charge in [-0.25, -0.2) is 0 Å². The Bertz CT molecular complexity index is 514. The van der Waals surface area contributed by atoms with Crippen LogP contribution in [0.15, 0.2) is 30.6 Å². The van der Waals surface area contributed by atoms with E-state index in [9.17, 15) is 9.59 Å². The Morgan fingerprint density at radius 3 is 3.00 bits per heavy atom. The summed E-state index contributed by atoms with van der Waals surface area (Å²) in [4.78, 5) is 28.8. The van der Waals surface area contributed by atoms with Gasteiger partial charge in [0.25, 0.3) is 0 Å². The van der Waals surface area contributed by atoms with Crippen LogP contribution in [0.4, 0.5) is 0 Å². The first-order chi connectivity index (χ1) is 10.2. The van der Waals surface area contributed by atoms with Crippen molar-refractivity contribution in [2.75, 3.05) is 6.54 Å². The molecule has 112 valence electrons. The largest absolute Gasteiger partial charge is 0.481 e. The van der Waals surface area contributed by atoms with Crippen LogP contribution in [0.1, 0.15) is 37.7 Å². The van der Waals surface area contributed by atoms with E-state index in [1.807, 2.05) is 12.1 Å². The Morgan fingerprint density at radius 1 is 1.43 bits per heavy atom. The van der Waals surface area contributed by atoms with Gasteiger partial charge in [0.2, 0.25) is 5.91 Å². The minimum atomic E-state index is -0.807. The predicted octanol–water partition coefficient (Wildman–Crippen LogP) is 2.34. The smallest absolute Gasteiger partial charge is 0.303 e. The van der Waals surface area contributed by atoms with E-state index in [0.717, 1.165) is 24.8 Å². The molecular formula is C16H20N2O3. The highest BCUT2D eigenvalue weighted by Crippen LogP contribution is 2.21. The van der Waals surface area contributed by atoms with E-state index in [-0.39, 0.29) is 18.4 Å². The number of carbonyl (C=O) groups excluding carboxylic acids is 1. The van der Waals surface area contributed by atoms with Crippen molar-refractivity contribution in [3.05, 3.63) is 36.2 Å². The van der Waals surface area contributed by atoms with Crippen LogP contribution >= 0.6 is 0 Å². The molecule has 5 nitrogen and oxygen atoms in total. The standard InChI is InChI=1S/C16H20N2O3/c19-15(8-6-13-4-3-10-17-12-13)18-11-2-1-5-14(18)7-9-16(20)21/h3-4,6,8,10,12,14H,1-2,5,7,9,11H2,(H,20,21). The molecule has 1 aliphatic rings. The molecule has 1 fully saturated rings. The third kappa shape index (κ3) is 4.70. The molecule has 5 heteroatoms. The Morgan fingerprint density at radius 2 is 2.29 bits per heavy atom. The molecule has 0 aromatic carbocycles. The van der Waals surface area contributed by atoms with Crippen molar-refractivity contribution in [3.63, 3.8) is 0 Å². The second kappa shape index (κ2) is 7.57. The van der Waals surface area contributed by atoms with E-state index in [1.165, 1.54) is 0 Å². The summed E-state index contributed by atoms with van der Waals surface area (Å²) in [6, 6.07) is 3.75. The van der Waals surface area contributed by atoms with Crippen molar-refractivity contribution >= 4 is 18.0 Å². The number of nitrogens with zero attached hydrogens (tertiary/aromatic N) is 2. The van der Waals surface area contributed by atoms with Crippen LogP contribution in [0.5, 0.6) is 0 Å². The van der Waals surface area contributed by atoms with Gasteiger partial charge in [-0.2, -0.15) is 0 Å². The molecule has 1 N–H and O–H groups in total. The Balaban J connectivity index is 1.98. The highest BCUT2D eigenvalue weighted by Gasteiger charge is 2.25. The summed E-state index contributed by atoms with van der Waals surface area (Å²) in [5.41, 5.74) is 0.880. The normalized spacial score (nSPS) is 18.9. The maximum Gasteiger partial charge on any atom is 0.303 e. The summed E-state index contributed by atoms with van der Waals surface area (Å²) in [5.74, 6) is -0.854. The first kappa shape index (κ1) is 15.2. The van der Waals surface area contributed by atoms with Crippen molar-refractivity contribution < 1.29 is 14.7 Å². The SMILES string of the molecule is O=C(O)CCC1CCCCN1C(=O)C=Cc1cccnc1. The van der Waals surface area contributed by atoms with Crippen LogP contribution < -0.4 is 0 Å². The zero-order chi connectivity index (χ0) is 15.1. The summed E-state index contributed by atoms with van der Waals surface area (Å²) in [6.07, 6.45) is 10.3. The van der Waals surface area contributed by atoms with Crippen molar-refractivity contribution in [3.8, 4) is 0 Å². The number of hydrogen-bond donors (Lipinski definition) is 1. The third-order valence-electron chi connectivity index (χ3n) is 3.70. The minimum Gasteiger partial charge on any atom is -0.481 e. The van der Waals surface area contributed by atoms with Gasteiger partial charge in [-0.05, 0) is 43.4 Å². The second-order valence-electron chi connectivity index (χ2n) is 5.23. The molecule has 0 aliphatic carbocycles. The number of amides is 1. The molecule has 1 atom stereocenters. The van der Waals surface area contributed by atoms with Crippen LogP contribution in [0.3, 0.4) is 0 Å². The van der Waals surface area contributed by atoms with Crippen molar-refractivity contribution in [2.45, 2.75) is 38.1 Å². The number of carbonyl (C=O) groups is 2. The number of pyridine rings is 1. The fourth-order valence-electron chi connectivity index (χ4n) is 2.62. The summed E-state index contributed by atoms with van der Waals surface area (Å²) in [6.45, 7) is 0.709. The maximum absolute atomic E-state index is 12.3. The first-order valence-corrected chi connectivity index (χ1v) is 7.27. The molecule has 2 rings (SSSR count). The molecule has 0 saturated carbocycles. The van der Waals surface area contributed by atoms with Crippen LogP contribution in [0.25, 0.3) is 6.08 Å². The van der Waals surface area contributed by atoms with Crippen LogP contribution in [-0.4, -0.2) is 39.5 Å². The van der Waals surface area contributed by atoms with Crippen molar-refractivity contribution in [2.24, 2.45) is 0 Å². The molecule has 0 spiro atoms. The maximum atomic E-state index is 12.3. The van der Waals surface area contributed by atoms with Crippen molar-refractivity contribution in [1.29, 1.82) is 0 Å². The van der Waals surface area contributed by atoms with Gasteiger partial charge in [0.1, 0.15) is 0 Å². The van der Waals surface area contributed by atoms with E-state index < -0.39 is 5.97 Å². The van der Waals surface area contributed by atoms with E-state index in [1.54, 1.807) is 29.4 Å². The number of rotatable bonds is 5. The van der Waals surface area contributed by atoms with Gasteiger partial charge in [-0.3, -0.25) is 14.6 Å². The van der Waals surface area contributed by atoms with Gasteiger partial charge in [-0.1, -0.05) is 6.07 Å². The number of likely N-dealkylation sites (tertiary alicyclic amines) is 1. The Kier molecular flexibility index (Phi) is 5.49. The summed E-state index contributed by atoms with van der Waals surface area (Å²) in [7, 11) is 0. The zero-order valence-electron chi connectivity index (χ0n) is 11.9. The van der Waals surface area contributed by atoms with Gasteiger partial charge >= 0.3 is 5.97 Å². The summed E-state index contributed by atoms with van der Waals surface area (Å²) >= 11 is 0. The molecule has 1 amide bonds. The number of hydrogen-bond acceptors (Lipinski definition) is 3. The third-order valence-corrected chi connectivity index (χ3v) is 3.70. The summed E-state index contributed by atoms with van der Waals surface area (Å²) < 4.78 is 0. The molecule has 0 radical (unpaired) electrons. The van der Waals surface area contributed by atoms with E-state index >= 15 is 0 Å². The highest BCUT2D eigenvalue weighted by atomic mass is 16.4. The van der Waals surface area contributed by atoms with Gasteiger partial charge in [0, 0.05) is 37.5 Å². The molecule has 2 heterocycles. The average molecular weight is 288 g/mol. The molecule has 1 aromatic rings. The van der Waals surface area contributed by atoms with Crippen LogP contribution in [0, 0.1) is 0 Å². The minimum absolute atomic E-state index is 0.0425.